The summed E-state index contributed by atoms with van der Waals surface area (Å²) in [6.45, 7) is 8.37. The lowest BCUT2D eigenvalue weighted by Crippen LogP contribution is -1.69. The van der Waals surface area contributed by atoms with E-state index in [2.05, 4.69) is 44.5 Å². The molecule has 0 saturated carbocycles. The Labute approximate surface area is 103 Å². The van der Waals surface area contributed by atoms with E-state index in [1.54, 1.807) is 0 Å². The van der Waals surface area contributed by atoms with Crippen molar-refractivity contribution in [3.05, 3.63) is 0 Å². The minimum Gasteiger partial charge on any atom is -0.107 e. The zero-order chi connectivity index (χ0) is 12.5. The fraction of sp³-hybridized carbons (Fsp3) is 0.750. The molecule has 0 N–H and O–H groups in total. The Hall–Kier alpha value is -0.880. The first kappa shape index (κ1) is 17.5. The fourth-order valence-electron chi connectivity index (χ4n) is 1.07. The molecule has 0 saturated heterocycles. The van der Waals surface area contributed by atoms with Crippen LogP contribution in [0.1, 0.15) is 79.1 Å². The van der Waals surface area contributed by atoms with E-state index in [1.807, 2.05) is 6.92 Å². The molecule has 0 radical (unpaired) electrons. The summed E-state index contributed by atoms with van der Waals surface area (Å²) in [5, 5.41) is 0. The lowest BCUT2D eigenvalue weighted by molar-refractivity contribution is 0.737. The van der Waals surface area contributed by atoms with Crippen LogP contribution in [0.15, 0.2) is 0 Å². The highest BCUT2D eigenvalue weighted by Gasteiger charge is 1.78. The van der Waals surface area contributed by atoms with Crippen LogP contribution in [0.3, 0.4) is 0 Å². The first-order valence-electron chi connectivity index (χ1n) is 6.68. The number of hydrogen-bond acceptors (Lipinski definition) is 0. The quantitative estimate of drug-likeness (QED) is 0.442. The van der Waals surface area contributed by atoms with Gasteiger partial charge in [0.25, 0.3) is 0 Å². The van der Waals surface area contributed by atoms with Crippen LogP contribution in [-0.4, -0.2) is 0 Å². The van der Waals surface area contributed by atoms with Gasteiger partial charge in [0.1, 0.15) is 0 Å². The van der Waals surface area contributed by atoms with Crippen molar-refractivity contribution in [1.82, 2.24) is 0 Å². The molecule has 0 aliphatic carbocycles. The predicted octanol–water partition coefficient (Wildman–Crippen LogP) is 5.18. The van der Waals surface area contributed by atoms with Gasteiger partial charge in [-0.15, -0.1) is 23.7 Å². The Morgan fingerprint density at radius 2 is 1.31 bits per heavy atom. The molecule has 0 unspecified atom stereocenters. The molecular weight excluding hydrogens is 192 g/mol. The second-order valence-corrected chi connectivity index (χ2v) is 3.69. The Morgan fingerprint density at radius 3 is 1.81 bits per heavy atom. The van der Waals surface area contributed by atoms with Gasteiger partial charge in [-0.05, 0) is 19.8 Å². The van der Waals surface area contributed by atoms with Crippen molar-refractivity contribution in [3.63, 3.8) is 0 Å². The van der Waals surface area contributed by atoms with Gasteiger partial charge in [0.2, 0.25) is 0 Å². The van der Waals surface area contributed by atoms with Crippen molar-refractivity contribution in [2.45, 2.75) is 79.1 Å². The molecule has 0 rings (SSSR count). The first-order chi connectivity index (χ1) is 7.83. The molecule has 16 heavy (non-hydrogen) atoms. The van der Waals surface area contributed by atoms with Gasteiger partial charge < -0.3 is 0 Å². The Bertz CT molecular complexity index is 216. The third kappa shape index (κ3) is 23.2. The van der Waals surface area contributed by atoms with E-state index in [9.17, 15) is 0 Å². The lowest BCUT2D eigenvalue weighted by atomic mass is 10.2. The molecule has 0 aliphatic heterocycles. The molecular formula is C16H28. The molecule has 0 nitrogen and oxygen atoms in total. The normalized spacial score (nSPS) is 7.75. The van der Waals surface area contributed by atoms with Crippen LogP contribution >= 0.6 is 0 Å². The summed E-state index contributed by atoms with van der Waals surface area (Å²) in [6, 6.07) is 0. The summed E-state index contributed by atoms with van der Waals surface area (Å²) >= 11 is 0. The second-order valence-electron chi connectivity index (χ2n) is 3.69. The van der Waals surface area contributed by atoms with Gasteiger partial charge in [-0.25, -0.2) is 0 Å². The minimum atomic E-state index is 1.00. The maximum atomic E-state index is 3.09. The van der Waals surface area contributed by atoms with E-state index in [4.69, 9.17) is 0 Å². The van der Waals surface area contributed by atoms with Gasteiger partial charge in [0, 0.05) is 19.3 Å². The molecule has 92 valence electrons. The lowest BCUT2D eigenvalue weighted by Gasteiger charge is -1.86. The summed E-state index contributed by atoms with van der Waals surface area (Å²) in [7, 11) is 0. The highest BCUT2D eigenvalue weighted by molar-refractivity contribution is 4.97. The van der Waals surface area contributed by atoms with Crippen LogP contribution in [-0.2, 0) is 0 Å². The summed E-state index contributed by atoms with van der Waals surface area (Å²) in [6.07, 6.45) is 9.60. The molecule has 0 spiro atoms. The van der Waals surface area contributed by atoms with Crippen molar-refractivity contribution in [2.24, 2.45) is 0 Å². The maximum absolute atomic E-state index is 3.09. The second kappa shape index (κ2) is 19.7. The van der Waals surface area contributed by atoms with Gasteiger partial charge in [-0.1, -0.05) is 40.0 Å². The minimum absolute atomic E-state index is 1.00. The zero-order valence-corrected chi connectivity index (χ0v) is 11.7. The number of unbranched alkanes of at least 4 members (excludes halogenated alkanes) is 5. The number of hydrogen-bond donors (Lipinski definition) is 0. The first-order valence-corrected chi connectivity index (χ1v) is 6.68. The van der Waals surface area contributed by atoms with Crippen LogP contribution in [0.4, 0.5) is 0 Å². The van der Waals surface area contributed by atoms with Gasteiger partial charge in [-0.2, -0.15) is 0 Å². The van der Waals surface area contributed by atoms with Gasteiger partial charge in [0.15, 0.2) is 0 Å². The monoisotopic (exact) mass is 220 g/mol. The number of rotatable bonds is 5. The molecule has 0 bridgehead atoms. The van der Waals surface area contributed by atoms with E-state index < -0.39 is 0 Å². The van der Waals surface area contributed by atoms with Crippen molar-refractivity contribution in [1.29, 1.82) is 0 Å². The van der Waals surface area contributed by atoms with Crippen molar-refractivity contribution < 1.29 is 0 Å². The van der Waals surface area contributed by atoms with E-state index in [0.717, 1.165) is 19.3 Å². The van der Waals surface area contributed by atoms with Gasteiger partial charge in [0.05, 0.1) is 0 Å². The molecule has 0 atom stereocenters. The predicted molar refractivity (Wildman–Crippen MR) is 75.2 cm³/mol. The molecule has 0 aromatic heterocycles. The standard InChI is InChI=1S/2C8H14/c2*1-3-5-7-8-6-4-2/h3,5,7-8H2,1-2H3;3-5,7H2,1-2H3. The van der Waals surface area contributed by atoms with E-state index in [1.165, 1.54) is 32.1 Å². The summed E-state index contributed by atoms with van der Waals surface area (Å²) < 4.78 is 0. The van der Waals surface area contributed by atoms with Crippen LogP contribution in [0, 0.1) is 23.7 Å². The smallest absolute Gasteiger partial charge is 0.00885 e. The molecule has 0 heteroatoms. The average molecular weight is 220 g/mol. The molecule has 0 heterocycles. The molecule has 0 aliphatic rings. The Balaban J connectivity index is 0. The van der Waals surface area contributed by atoms with Crippen LogP contribution < -0.4 is 0 Å². The van der Waals surface area contributed by atoms with E-state index >= 15 is 0 Å². The summed E-state index contributed by atoms with van der Waals surface area (Å²) in [5.41, 5.74) is 0. The third-order valence-corrected chi connectivity index (χ3v) is 2.04. The van der Waals surface area contributed by atoms with Crippen molar-refractivity contribution in [3.8, 4) is 23.7 Å². The zero-order valence-electron chi connectivity index (χ0n) is 11.7. The third-order valence-electron chi connectivity index (χ3n) is 2.04. The highest BCUT2D eigenvalue weighted by Crippen LogP contribution is 1.96. The van der Waals surface area contributed by atoms with Gasteiger partial charge >= 0.3 is 0 Å². The van der Waals surface area contributed by atoms with Crippen LogP contribution in [0.25, 0.3) is 0 Å². The van der Waals surface area contributed by atoms with Gasteiger partial charge in [-0.3, -0.25) is 0 Å². The van der Waals surface area contributed by atoms with Crippen molar-refractivity contribution in [2.75, 3.05) is 0 Å². The van der Waals surface area contributed by atoms with Crippen LogP contribution in [0.5, 0.6) is 0 Å². The molecule has 0 fully saturated rings. The van der Waals surface area contributed by atoms with E-state index in [-0.39, 0.29) is 0 Å². The summed E-state index contributed by atoms with van der Waals surface area (Å²) in [5.74, 6) is 12.0. The largest absolute Gasteiger partial charge is 0.107 e. The average Bonchev–Trinajstić information content (AvgIpc) is 2.31. The topological polar surface area (TPSA) is 0 Å². The highest BCUT2D eigenvalue weighted by atomic mass is 13.8. The fourth-order valence-corrected chi connectivity index (χ4v) is 1.07. The molecule has 0 aromatic rings. The molecule has 0 aromatic carbocycles. The SMILES string of the molecule is CC#CCCCCC.CCC#CCCCC. The van der Waals surface area contributed by atoms with Crippen LogP contribution in [0.2, 0.25) is 0 Å². The molecule has 0 amide bonds. The summed E-state index contributed by atoms with van der Waals surface area (Å²) in [4.78, 5) is 0. The van der Waals surface area contributed by atoms with Crippen molar-refractivity contribution >= 4 is 0 Å². The Kier molecular flexibility index (Phi) is 21.5. The van der Waals surface area contributed by atoms with E-state index in [0.29, 0.717) is 0 Å². The maximum Gasteiger partial charge on any atom is 0.00885 e. The Morgan fingerprint density at radius 1 is 0.688 bits per heavy atom.